The van der Waals surface area contributed by atoms with Crippen molar-refractivity contribution in [2.75, 3.05) is 9.80 Å². The first-order valence-corrected chi connectivity index (χ1v) is 47.7. The monoisotopic (exact) mass is 1720 g/mol. The predicted molar refractivity (Wildman–Crippen MR) is 557 cm³/mol. The summed E-state index contributed by atoms with van der Waals surface area (Å²) in [4.78, 5) is 12.9. The number of hydrogen-bond acceptors (Lipinski definition) is 4. The molecule has 0 fully saturated rings. The van der Waals surface area contributed by atoms with Crippen molar-refractivity contribution in [3.05, 3.63) is 504 Å². The van der Waals surface area contributed by atoms with Gasteiger partial charge < -0.3 is 9.80 Å². The molecule has 133 heavy (non-hydrogen) atoms. The fourth-order valence-corrected chi connectivity index (χ4v) is 22.8. The molecule has 4 heteroatoms. The molecule has 0 heterocycles. The summed E-state index contributed by atoms with van der Waals surface area (Å²) in [5.74, 6) is 0.550. The van der Waals surface area contributed by atoms with Gasteiger partial charge in [-0.25, -0.2) is 0 Å². The van der Waals surface area contributed by atoms with Crippen LogP contribution in [-0.2, 0) is 21.1 Å². The molecule has 5 atom stereocenters. The Bertz CT molecular complexity index is 7340. The van der Waals surface area contributed by atoms with Crippen molar-refractivity contribution < 1.29 is 4.84 Å². The lowest BCUT2D eigenvalue weighted by molar-refractivity contribution is -0.278. The van der Waals surface area contributed by atoms with Crippen LogP contribution in [0.15, 0.2) is 437 Å². The largest absolute Gasteiger partial charge is 0.310 e. The summed E-state index contributed by atoms with van der Waals surface area (Å²) < 4.78 is 0. The highest BCUT2D eigenvalue weighted by atomic mass is 16.7. The van der Waals surface area contributed by atoms with Crippen LogP contribution < -0.4 is 9.80 Å². The van der Waals surface area contributed by atoms with E-state index in [1.165, 1.54) is 150 Å². The van der Waals surface area contributed by atoms with Gasteiger partial charge >= 0.3 is 0 Å². The molecule has 22 rings (SSSR count). The molecule has 0 radical (unpaired) electrons. The third kappa shape index (κ3) is 15.0. The fraction of sp³-hybridized carbons (Fsp3) is 0.163. The molecule has 18 aromatic rings. The van der Waals surface area contributed by atoms with Gasteiger partial charge in [-0.15, -0.1) is 0 Å². The van der Waals surface area contributed by atoms with Gasteiger partial charge in [0.2, 0.25) is 0 Å². The Morgan fingerprint density at radius 2 is 0.549 bits per heavy atom. The maximum absolute atomic E-state index is 8.01. The number of nitrogens with zero attached hydrogens (tertiary/aromatic N) is 3. The van der Waals surface area contributed by atoms with Gasteiger partial charge in [-0.3, -0.25) is 4.84 Å². The zero-order valence-electron chi connectivity index (χ0n) is 77.6. The van der Waals surface area contributed by atoms with Gasteiger partial charge in [0.15, 0.2) is 0 Å². The van der Waals surface area contributed by atoms with E-state index >= 15 is 0 Å². The second-order valence-electron chi connectivity index (χ2n) is 39.7. The van der Waals surface area contributed by atoms with E-state index in [-0.39, 0.29) is 40.7 Å². The number of rotatable bonds is 23. The van der Waals surface area contributed by atoms with Crippen LogP contribution in [0.5, 0.6) is 0 Å². The summed E-state index contributed by atoms with van der Waals surface area (Å²) in [6, 6.07) is 164. The molecule has 0 bridgehead atoms. The number of hydrogen-bond donors (Lipinski definition) is 0. The smallest absolute Gasteiger partial charge is 0.105 e. The summed E-state index contributed by atoms with van der Waals surface area (Å²) >= 11 is 0. The van der Waals surface area contributed by atoms with E-state index in [4.69, 9.17) is 4.84 Å². The summed E-state index contributed by atoms with van der Waals surface area (Å²) in [6.07, 6.45) is 1.29. The van der Waals surface area contributed by atoms with Crippen molar-refractivity contribution in [1.82, 2.24) is 5.06 Å². The first kappa shape index (κ1) is 84.1. The molecule has 5 unspecified atom stereocenters. The Morgan fingerprint density at radius 1 is 0.241 bits per heavy atom. The molecule has 0 amide bonds. The summed E-state index contributed by atoms with van der Waals surface area (Å²) in [5.41, 5.74) is 43.1. The Kier molecular flexibility index (Phi) is 21.5. The Morgan fingerprint density at radius 3 is 0.985 bits per heavy atom. The molecular formula is C129H111N3O. The van der Waals surface area contributed by atoms with Crippen LogP contribution >= 0.6 is 0 Å². The molecule has 18 aromatic carbocycles. The maximum atomic E-state index is 8.01. The lowest BCUT2D eigenvalue weighted by Crippen LogP contribution is -2.46. The van der Waals surface area contributed by atoms with E-state index in [0.717, 1.165) is 63.7 Å². The summed E-state index contributed by atoms with van der Waals surface area (Å²) in [7, 11) is 0. The van der Waals surface area contributed by atoms with E-state index in [1.807, 2.05) is 0 Å². The SMILES string of the molecule is CC(CC(CC(ON(C(c1ccccc1)C(C)C)C(C)(C)C)c1ccc(-c2cccc(N(c3ccc(-c4ccccc4)cc3)c3ccc4c(c3)C(C)(C)c3ccccc3-4)c2)cc1)c1ccc(-c2ccc3c(c2)C2(c4ccccc4-3)c3ccccc3-c3ccc(-c4ccc(N(c5ccc(-c6ccccc6)cc5)c5ccc6c(c5)C(C)(C)c5ccccc5-6)cc4)cc32)cc1)c1ccccc1. The minimum atomic E-state index is -0.591. The summed E-state index contributed by atoms with van der Waals surface area (Å²) in [5, 5.41) is 2.35. The molecule has 0 N–H and O–H groups in total. The molecule has 0 saturated carbocycles. The second kappa shape index (κ2) is 34.0. The molecule has 0 aromatic heterocycles. The van der Waals surface area contributed by atoms with Crippen LogP contribution in [0.1, 0.15) is 173 Å². The minimum absolute atomic E-state index is 0.0377. The van der Waals surface area contributed by atoms with Gasteiger partial charge in [0.05, 0.1) is 11.5 Å². The Hall–Kier alpha value is -14.5. The van der Waals surface area contributed by atoms with Gasteiger partial charge in [-0.2, -0.15) is 5.06 Å². The number of fused-ring (bicyclic) bond motifs is 16. The van der Waals surface area contributed by atoms with Gasteiger partial charge in [0.1, 0.15) is 6.10 Å². The van der Waals surface area contributed by atoms with Crippen molar-refractivity contribution in [1.29, 1.82) is 0 Å². The predicted octanol–water partition coefficient (Wildman–Crippen LogP) is 34.8. The van der Waals surface area contributed by atoms with Crippen LogP contribution in [0.25, 0.3) is 100 Å². The fourth-order valence-electron chi connectivity index (χ4n) is 22.8. The van der Waals surface area contributed by atoms with Gasteiger partial charge in [-0.1, -0.05) is 400 Å². The third-order valence-electron chi connectivity index (χ3n) is 29.5. The lowest BCUT2D eigenvalue weighted by atomic mass is 9.70. The van der Waals surface area contributed by atoms with Crippen molar-refractivity contribution >= 4 is 34.1 Å². The number of anilines is 6. The molecule has 0 aliphatic heterocycles. The maximum Gasteiger partial charge on any atom is 0.105 e. The molecular weight excluding hydrogens is 1610 g/mol. The molecule has 0 saturated heterocycles. The van der Waals surface area contributed by atoms with Crippen molar-refractivity contribution in [3.8, 4) is 100 Å². The Labute approximate surface area is 785 Å². The highest BCUT2D eigenvalue weighted by molar-refractivity contribution is 5.98. The highest BCUT2D eigenvalue weighted by Crippen LogP contribution is 2.64. The van der Waals surface area contributed by atoms with E-state index in [2.05, 4.69) is 521 Å². The van der Waals surface area contributed by atoms with Crippen molar-refractivity contribution in [2.45, 2.75) is 128 Å². The molecule has 1 spiro atoms. The number of benzene rings is 18. The molecule has 4 aliphatic rings. The quantitative estimate of drug-likeness (QED) is 0.0594. The van der Waals surface area contributed by atoms with E-state index in [9.17, 15) is 0 Å². The van der Waals surface area contributed by atoms with Gasteiger partial charge in [-0.05, 0) is 303 Å². The highest BCUT2D eigenvalue weighted by Gasteiger charge is 2.52. The van der Waals surface area contributed by atoms with Crippen molar-refractivity contribution in [3.63, 3.8) is 0 Å². The van der Waals surface area contributed by atoms with E-state index in [0.29, 0.717) is 0 Å². The average Bonchev–Trinajstić information content (AvgIpc) is 1.50. The lowest BCUT2D eigenvalue weighted by Gasteiger charge is -2.45. The zero-order chi connectivity index (χ0) is 90.4. The summed E-state index contributed by atoms with van der Waals surface area (Å²) in [6.45, 7) is 23.5. The zero-order valence-corrected chi connectivity index (χ0v) is 77.6. The third-order valence-corrected chi connectivity index (χ3v) is 29.5. The molecule has 4 nitrogen and oxygen atoms in total. The second-order valence-corrected chi connectivity index (χ2v) is 39.7. The molecule has 4 aliphatic carbocycles. The van der Waals surface area contributed by atoms with Gasteiger partial charge in [0.25, 0.3) is 0 Å². The minimum Gasteiger partial charge on any atom is -0.310 e. The van der Waals surface area contributed by atoms with Crippen molar-refractivity contribution in [2.24, 2.45) is 5.92 Å². The van der Waals surface area contributed by atoms with Crippen LogP contribution in [0, 0.1) is 5.92 Å². The first-order chi connectivity index (χ1) is 64.8. The average molecular weight is 1720 g/mol. The number of hydroxylamine groups is 2. The van der Waals surface area contributed by atoms with E-state index in [1.54, 1.807) is 0 Å². The molecule has 648 valence electrons. The normalized spacial score (nSPS) is 15.2. The van der Waals surface area contributed by atoms with Crippen LogP contribution in [0.2, 0.25) is 0 Å². The Balaban J connectivity index is 0.613. The van der Waals surface area contributed by atoms with Crippen LogP contribution in [0.3, 0.4) is 0 Å². The van der Waals surface area contributed by atoms with Crippen LogP contribution in [-0.4, -0.2) is 10.6 Å². The van der Waals surface area contributed by atoms with Crippen LogP contribution in [0.4, 0.5) is 34.1 Å². The first-order valence-electron chi connectivity index (χ1n) is 47.7. The topological polar surface area (TPSA) is 19.0 Å². The standard InChI is InChI=1S/C129H111N3O/c1-85(2)125(97-38-21-14-22-39-97)132(126(4,5)6)133-124(96-56-54-92(55-57-96)98-40-31-41-105(79-98)131(104-68-60-91(61-69-104)89-36-19-13-20-37-89)107-73-77-113-109-43-24-28-47-117(109)128(9,10)121(113)84-107)82-101(78-86(3)87-32-15-11-16-33-87)95-52-50-93(51-53-95)99-64-74-114-110-44-25-29-48-118(110)129(122(114)80-99)119-49-30-26-45-111(119)115-75-65-100(81-123(115)129)94-62-70-103(71-63-94)130(102-66-58-90(59-67-102)88-34-17-12-18-35-88)106-72-76-112-108-42-23-27-46-116(108)127(7,8)120(112)83-106/h11-77,79-81,83-86,101,124-125H,78,82H2,1-10H3. The van der Waals surface area contributed by atoms with E-state index < -0.39 is 11.0 Å². The van der Waals surface area contributed by atoms with Gasteiger partial charge in [0, 0.05) is 50.5 Å².